The van der Waals surface area contributed by atoms with E-state index in [-0.39, 0.29) is 18.4 Å². The second kappa shape index (κ2) is 7.40. The monoisotopic (exact) mass is 384 g/mol. The first kappa shape index (κ1) is 17.5. The minimum atomic E-state index is -0.501. The van der Waals surface area contributed by atoms with Crippen LogP contribution in [0.5, 0.6) is 0 Å². The van der Waals surface area contributed by atoms with Gasteiger partial charge in [0.2, 0.25) is 5.91 Å². The molecule has 0 aromatic carbocycles. The van der Waals surface area contributed by atoms with E-state index in [1.165, 1.54) is 11.1 Å². The van der Waals surface area contributed by atoms with E-state index in [1.807, 2.05) is 22.9 Å². The Hall–Kier alpha value is -2.87. The van der Waals surface area contributed by atoms with Crippen LogP contribution in [0, 0.1) is 6.92 Å². The molecule has 0 aliphatic carbocycles. The number of imidazole rings is 1. The number of fused-ring (bicyclic) bond motifs is 1. The van der Waals surface area contributed by atoms with E-state index in [2.05, 4.69) is 16.4 Å². The lowest BCUT2D eigenvalue weighted by Gasteiger charge is -2.33. The molecule has 0 saturated carbocycles. The van der Waals surface area contributed by atoms with Crippen molar-refractivity contribution in [2.75, 3.05) is 13.1 Å². The fourth-order valence-electron chi connectivity index (χ4n) is 3.27. The van der Waals surface area contributed by atoms with E-state index in [0.717, 1.165) is 17.7 Å². The third-order valence-electron chi connectivity index (χ3n) is 4.73. The number of aryl methyl sites for hydroxylation is 1. The second-order valence-corrected chi connectivity index (χ2v) is 7.58. The van der Waals surface area contributed by atoms with Crippen molar-refractivity contribution in [1.29, 1.82) is 0 Å². The van der Waals surface area contributed by atoms with Crippen LogP contribution >= 0.6 is 11.3 Å². The first-order valence-electron chi connectivity index (χ1n) is 8.77. The predicted molar refractivity (Wildman–Crippen MR) is 100 cm³/mol. The molecule has 2 amide bonds. The van der Waals surface area contributed by atoms with Crippen molar-refractivity contribution >= 4 is 23.2 Å². The zero-order valence-corrected chi connectivity index (χ0v) is 15.7. The average molecular weight is 384 g/mol. The normalized spacial score (nSPS) is 16.2. The molecule has 140 valence electrons. The van der Waals surface area contributed by atoms with Gasteiger partial charge >= 0.3 is 0 Å². The Balaban J connectivity index is 1.47. The topological polar surface area (TPSA) is 80.4 Å². The average Bonchev–Trinajstić information content (AvgIpc) is 3.41. The number of thiophene rings is 1. The van der Waals surface area contributed by atoms with Crippen LogP contribution in [-0.2, 0) is 17.8 Å². The molecule has 0 fully saturated rings. The Kier molecular flexibility index (Phi) is 4.81. The van der Waals surface area contributed by atoms with E-state index in [1.54, 1.807) is 34.8 Å². The molecule has 3 aromatic heterocycles. The molecule has 0 radical (unpaired) electrons. The molecule has 1 unspecified atom stereocenters. The summed E-state index contributed by atoms with van der Waals surface area (Å²) < 4.78 is 7.18. The maximum Gasteiger partial charge on any atom is 0.290 e. The SMILES string of the molecule is Cc1ccoc1C(=O)N1Cc2cncn2C(C(=O)NCCc2cccs2)C1. The molecule has 0 spiro atoms. The van der Waals surface area contributed by atoms with Crippen LogP contribution in [0.15, 0.2) is 46.8 Å². The van der Waals surface area contributed by atoms with Gasteiger partial charge in [-0.15, -0.1) is 11.3 Å². The van der Waals surface area contributed by atoms with Gasteiger partial charge in [0, 0.05) is 23.2 Å². The van der Waals surface area contributed by atoms with Crippen molar-refractivity contribution in [3.63, 3.8) is 0 Å². The van der Waals surface area contributed by atoms with Crippen molar-refractivity contribution in [2.24, 2.45) is 0 Å². The van der Waals surface area contributed by atoms with Crippen molar-refractivity contribution in [3.05, 3.63) is 64.3 Å². The van der Waals surface area contributed by atoms with Gasteiger partial charge in [0.25, 0.3) is 5.91 Å². The second-order valence-electron chi connectivity index (χ2n) is 6.55. The van der Waals surface area contributed by atoms with Crippen molar-refractivity contribution in [1.82, 2.24) is 19.8 Å². The highest BCUT2D eigenvalue weighted by Crippen LogP contribution is 2.24. The van der Waals surface area contributed by atoms with Gasteiger partial charge in [-0.1, -0.05) is 6.07 Å². The molecular weight excluding hydrogens is 364 g/mol. The van der Waals surface area contributed by atoms with Crippen molar-refractivity contribution in [2.45, 2.75) is 25.9 Å². The smallest absolute Gasteiger partial charge is 0.290 e. The third kappa shape index (κ3) is 3.52. The van der Waals surface area contributed by atoms with Crippen LogP contribution in [0.4, 0.5) is 0 Å². The van der Waals surface area contributed by atoms with Crippen LogP contribution in [0.1, 0.15) is 32.7 Å². The van der Waals surface area contributed by atoms with Crippen LogP contribution in [0.25, 0.3) is 0 Å². The number of carbonyl (C=O) groups excluding carboxylic acids is 2. The summed E-state index contributed by atoms with van der Waals surface area (Å²) in [6.07, 6.45) is 5.64. The molecule has 4 heterocycles. The number of nitrogens with zero attached hydrogens (tertiary/aromatic N) is 3. The van der Waals surface area contributed by atoms with E-state index in [0.29, 0.717) is 18.8 Å². The summed E-state index contributed by atoms with van der Waals surface area (Å²) in [7, 11) is 0. The number of nitrogens with one attached hydrogen (secondary N) is 1. The van der Waals surface area contributed by atoms with Crippen LogP contribution in [0.3, 0.4) is 0 Å². The highest BCUT2D eigenvalue weighted by atomic mass is 32.1. The van der Waals surface area contributed by atoms with Crippen LogP contribution < -0.4 is 5.32 Å². The minimum Gasteiger partial charge on any atom is -0.459 e. The van der Waals surface area contributed by atoms with E-state index < -0.39 is 6.04 Å². The fraction of sp³-hybridized carbons (Fsp3) is 0.316. The van der Waals surface area contributed by atoms with Gasteiger partial charge < -0.3 is 19.2 Å². The van der Waals surface area contributed by atoms with Crippen molar-refractivity contribution < 1.29 is 14.0 Å². The molecule has 1 aliphatic heterocycles. The zero-order valence-electron chi connectivity index (χ0n) is 14.9. The molecule has 3 aromatic rings. The van der Waals surface area contributed by atoms with Crippen molar-refractivity contribution in [3.8, 4) is 0 Å². The summed E-state index contributed by atoms with van der Waals surface area (Å²) in [5, 5.41) is 5.01. The number of hydrogen-bond acceptors (Lipinski definition) is 5. The van der Waals surface area contributed by atoms with Gasteiger partial charge in [-0.25, -0.2) is 4.98 Å². The first-order valence-corrected chi connectivity index (χ1v) is 9.65. The highest BCUT2D eigenvalue weighted by molar-refractivity contribution is 7.09. The van der Waals surface area contributed by atoms with E-state index in [9.17, 15) is 9.59 Å². The maximum absolute atomic E-state index is 12.8. The molecular formula is C19H20N4O3S. The molecule has 8 heteroatoms. The number of carbonyl (C=O) groups is 2. The zero-order chi connectivity index (χ0) is 18.8. The Morgan fingerprint density at radius 3 is 3.04 bits per heavy atom. The maximum atomic E-state index is 12.8. The molecule has 1 aliphatic rings. The number of furan rings is 1. The minimum absolute atomic E-state index is 0.112. The molecule has 1 N–H and O–H groups in total. The lowest BCUT2D eigenvalue weighted by Crippen LogP contribution is -2.46. The Morgan fingerprint density at radius 1 is 1.41 bits per heavy atom. The summed E-state index contributed by atoms with van der Waals surface area (Å²) in [5.74, 6) is 0.000581. The van der Waals surface area contributed by atoms with Gasteiger partial charge in [-0.3, -0.25) is 9.59 Å². The number of rotatable bonds is 5. The molecule has 0 bridgehead atoms. The Morgan fingerprint density at radius 2 is 2.30 bits per heavy atom. The summed E-state index contributed by atoms with van der Waals surface area (Å²) in [5.41, 5.74) is 1.62. The molecule has 7 nitrogen and oxygen atoms in total. The number of aromatic nitrogens is 2. The lowest BCUT2D eigenvalue weighted by molar-refractivity contribution is -0.125. The Bertz CT molecular complexity index is 944. The van der Waals surface area contributed by atoms with Crippen LogP contribution in [0.2, 0.25) is 0 Å². The molecule has 1 atom stereocenters. The summed E-state index contributed by atoms with van der Waals surface area (Å²) in [6.45, 7) is 3.08. The fourth-order valence-corrected chi connectivity index (χ4v) is 3.98. The van der Waals surface area contributed by atoms with E-state index >= 15 is 0 Å². The van der Waals surface area contributed by atoms with Gasteiger partial charge in [0.15, 0.2) is 5.76 Å². The molecule has 27 heavy (non-hydrogen) atoms. The third-order valence-corrected chi connectivity index (χ3v) is 5.66. The highest BCUT2D eigenvalue weighted by Gasteiger charge is 2.34. The largest absolute Gasteiger partial charge is 0.459 e. The predicted octanol–water partition coefficient (Wildman–Crippen LogP) is 2.40. The first-order chi connectivity index (χ1) is 13.1. The summed E-state index contributed by atoms with van der Waals surface area (Å²) in [6, 6.07) is 5.31. The lowest BCUT2D eigenvalue weighted by atomic mass is 10.1. The van der Waals surface area contributed by atoms with Gasteiger partial charge in [-0.2, -0.15) is 0 Å². The van der Waals surface area contributed by atoms with Gasteiger partial charge in [0.05, 0.1) is 31.4 Å². The summed E-state index contributed by atoms with van der Waals surface area (Å²) >= 11 is 1.67. The Labute approximate surface area is 160 Å². The molecule has 0 saturated heterocycles. The van der Waals surface area contributed by atoms with Gasteiger partial charge in [0.1, 0.15) is 6.04 Å². The van der Waals surface area contributed by atoms with E-state index in [4.69, 9.17) is 4.42 Å². The van der Waals surface area contributed by atoms with Crippen LogP contribution in [-0.4, -0.2) is 39.4 Å². The number of amides is 2. The summed E-state index contributed by atoms with van der Waals surface area (Å²) in [4.78, 5) is 32.6. The molecule has 4 rings (SSSR count). The standard InChI is InChI=1S/C19H20N4O3S/c1-13-5-7-26-17(13)19(25)22-10-14-9-20-12-23(14)16(11-22)18(24)21-6-4-15-3-2-8-27-15/h2-3,5,7-9,12,16H,4,6,10-11H2,1H3,(H,21,24). The number of hydrogen-bond donors (Lipinski definition) is 1. The quantitative estimate of drug-likeness (QED) is 0.733. The van der Waals surface area contributed by atoms with Gasteiger partial charge in [-0.05, 0) is 30.9 Å².